The molecule has 0 N–H and O–H groups in total. The molecule has 1 aliphatic rings. The topological polar surface area (TPSA) is 47.9 Å². The van der Waals surface area contributed by atoms with Gasteiger partial charge in [0.25, 0.3) is 0 Å². The summed E-state index contributed by atoms with van der Waals surface area (Å²) in [4.78, 5) is 12.3. The SMILES string of the molecule is COc1nc(Cl)nc(-c2cccc(C3CCC3)c2)n1. The van der Waals surface area contributed by atoms with E-state index in [4.69, 9.17) is 16.3 Å². The molecule has 0 spiro atoms. The fourth-order valence-electron chi connectivity index (χ4n) is 2.23. The van der Waals surface area contributed by atoms with E-state index in [1.807, 2.05) is 12.1 Å². The zero-order valence-corrected chi connectivity index (χ0v) is 11.4. The smallest absolute Gasteiger partial charge is 0.321 e. The summed E-state index contributed by atoms with van der Waals surface area (Å²) in [5.41, 5.74) is 2.30. The lowest BCUT2D eigenvalue weighted by molar-refractivity contribution is 0.379. The molecule has 1 aromatic carbocycles. The van der Waals surface area contributed by atoms with Gasteiger partial charge in [-0.3, -0.25) is 0 Å². The van der Waals surface area contributed by atoms with Gasteiger partial charge in [-0.05, 0) is 42.0 Å². The standard InChI is InChI=1S/C14H14ClN3O/c1-19-14-17-12(16-13(15)18-14)11-7-3-6-10(8-11)9-4-2-5-9/h3,6-9H,2,4-5H2,1H3. The van der Waals surface area contributed by atoms with Gasteiger partial charge in [0.15, 0.2) is 5.82 Å². The van der Waals surface area contributed by atoms with Crippen molar-refractivity contribution in [3.05, 3.63) is 35.1 Å². The van der Waals surface area contributed by atoms with Crippen LogP contribution in [0.25, 0.3) is 11.4 Å². The van der Waals surface area contributed by atoms with Crippen molar-refractivity contribution in [3.63, 3.8) is 0 Å². The summed E-state index contributed by atoms with van der Waals surface area (Å²) in [6.45, 7) is 0. The summed E-state index contributed by atoms with van der Waals surface area (Å²) in [7, 11) is 1.51. The van der Waals surface area contributed by atoms with Crippen LogP contribution in [0.4, 0.5) is 0 Å². The fourth-order valence-corrected chi connectivity index (χ4v) is 2.38. The average Bonchev–Trinajstić information content (AvgIpc) is 2.36. The summed E-state index contributed by atoms with van der Waals surface area (Å²) in [5, 5.41) is 0.149. The molecule has 5 heteroatoms. The molecule has 1 aliphatic carbocycles. The van der Waals surface area contributed by atoms with Gasteiger partial charge in [-0.2, -0.15) is 15.0 Å². The summed E-state index contributed by atoms with van der Waals surface area (Å²) in [5.74, 6) is 1.23. The van der Waals surface area contributed by atoms with Crippen LogP contribution in [0.5, 0.6) is 6.01 Å². The molecule has 0 unspecified atom stereocenters. The van der Waals surface area contributed by atoms with E-state index in [0.717, 1.165) is 5.56 Å². The lowest BCUT2D eigenvalue weighted by Gasteiger charge is -2.26. The highest BCUT2D eigenvalue weighted by atomic mass is 35.5. The van der Waals surface area contributed by atoms with Gasteiger partial charge in [0, 0.05) is 5.56 Å². The number of aromatic nitrogens is 3. The summed E-state index contributed by atoms with van der Waals surface area (Å²) in [6.07, 6.45) is 3.86. The molecular weight excluding hydrogens is 262 g/mol. The molecule has 0 saturated heterocycles. The first-order chi connectivity index (χ1) is 9.26. The Balaban J connectivity index is 1.98. The van der Waals surface area contributed by atoms with Gasteiger partial charge in [-0.25, -0.2) is 0 Å². The van der Waals surface area contributed by atoms with Crippen molar-refractivity contribution >= 4 is 11.6 Å². The van der Waals surface area contributed by atoms with E-state index in [9.17, 15) is 0 Å². The first kappa shape index (κ1) is 12.4. The Morgan fingerprint density at radius 3 is 2.74 bits per heavy atom. The van der Waals surface area contributed by atoms with Crippen molar-refractivity contribution in [3.8, 4) is 17.4 Å². The van der Waals surface area contributed by atoms with Crippen LogP contribution >= 0.6 is 11.6 Å². The monoisotopic (exact) mass is 275 g/mol. The van der Waals surface area contributed by atoms with Crippen LogP contribution in [0.1, 0.15) is 30.7 Å². The van der Waals surface area contributed by atoms with E-state index in [0.29, 0.717) is 11.7 Å². The largest absolute Gasteiger partial charge is 0.467 e. The third kappa shape index (κ3) is 2.54. The van der Waals surface area contributed by atoms with Gasteiger partial charge in [0.05, 0.1) is 7.11 Å². The zero-order valence-electron chi connectivity index (χ0n) is 10.6. The van der Waals surface area contributed by atoms with Crippen molar-refractivity contribution in [2.75, 3.05) is 7.11 Å². The lowest BCUT2D eigenvalue weighted by Crippen LogP contribution is -2.08. The molecule has 98 valence electrons. The number of hydrogen-bond acceptors (Lipinski definition) is 4. The second-order valence-electron chi connectivity index (χ2n) is 4.67. The van der Waals surface area contributed by atoms with Crippen molar-refractivity contribution in [2.24, 2.45) is 0 Å². The van der Waals surface area contributed by atoms with Gasteiger partial charge >= 0.3 is 6.01 Å². The number of nitrogens with zero attached hydrogens (tertiary/aromatic N) is 3. The number of methoxy groups -OCH3 is 1. The first-order valence-electron chi connectivity index (χ1n) is 6.32. The minimum Gasteiger partial charge on any atom is -0.467 e. The maximum Gasteiger partial charge on any atom is 0.321 e. The van der Waals surface area contributed by atoms with Crippen molar-refractivity contribution in [2.45, 2.75) is 25.2 Å². The van der Waals surface area contributed by atoms with Gasteiger partial charge < -0.3 is 4.74 Å². The lowest BCUT2D eigenvalue weighted by atomic mass is 9.80. The Hall–Kier alpha value is -1.68. The zero-order chi connectivity index (χ0) is 13.2. The van der Waals surface area contributed by atoms with E-state index in [1.165, 1.54) is 31.9 Å². The van der Waals surface area contributed by atoms with Crippen LogP contribution in [0.2, 0.25) is 5.28 Å². The minimum absolute atomic E-state index is 0.149. The molecule has 4 nitrogen and oxygen atoms in total. The first-order valence-corrected chi connectivity index (χ1v) is 6.70. The minimum atomic E-state index is 0.149. The molecule has 2 aromatic rings. The van der Waals surface area contributed by atoms with E-state index < -0.39 is 0 Å². The van der Waals surface area contributed by atoms with Gasteiger partial charge in [0.1, 0.15) is 0 Å². The predicted molar refractivity (Wildman–Crippen MR) is 73.4 cm³/mol. The maximum absolute atomic E-state index is 5.88. The van der Waals surface area contributed by atoms with E-state index in [-0.39, 0.29) is 11.3 Å². The molecule has 0 radical (unpaired) electrons. The Morgan fingerprint density at radius 1 is 1.21 bits per heavy atom. The quantitative estimate of drug-likeness (QED) is 0.861. The van der Waals surface area contributed by atoms with Crippen molar-refractivity contribution in [1.82, 2.24) is 15.0 Å². The average molecular weight is 276 g/mol. The number of halogens is 1. The van der Waals surface area contributed by atoms with Gasteiger partial charge in [0.2, 0.25) is 5.28 Å². The second kappa shape index (κ2) is 5.13. The molecule has 0 bridgehead atoms. The third-order valence-electron chi connectivity index (χ3n) is 3.49. The molecule has 0 aliphatic heterocycles. The Kier molecular flexibility index (Phi) is 3.34. The van der Waals surface area contributed by atoms with Gasteiger partial charge in [-0.1, -0.05) is 24.6 Å². The van der Waals surface area contributed by atoms with Crippen LogP contribution in [-0.4, -0.2) is 22.1 Å². The van der Waals surface area contributed by atoms with Gasteiger partial charge in [-0.15, -0.1) is 0 Å². The Labute approximate surface area is 116 Å². The van der Waals surface area contributed by atoms with Crippen LogP contribution in [0.15, 0.2) is 24.3 Å². The third-order valence-corrected chi connectivity index (χ3v) is 3.66. The molecule has 1 fully saturated rings. The van der Waals surface area contributed by atoms with E-state index in [1.54, 1.807) is 0 Å². The molecule has 19 heavy (non-hydrogen) atoms. The molecular formula is C14H14ClN3O. The van der Waals surface area contributed by atoms with Crippen LogP contribution < -0.4 is 4.74 Å². The van der Waals surface area contributed by atoms with Crippen molar-refractivity contribution < 1.29 is 4.74 Å². The normalized spacial score (nSPS) is 15.1. The van der Waals surface area contributed by atoms with Crippen LogP contribution in [-0.2, 0) is 0 Å². The summed E-state index contributed by atoms with van der Waals surface area (Å²) in [6, 6.07) is 8.55. The highest BCUT2D eigenvalue weighted by molar-refractivity contribution is 6.28. The Morgan fingerprint density at radius 2 is 2.05 bits per heavy atom. The fraction of sp³-hybridized carbons (Fsp3) is 0.357. The number of benzene rings is 1. The Bertz CT molecular complexity index is 599. The molecule has 0 atom stereocenters. The highest BCUT2D eigenvalue weighted by Crippen LogP contribution is 2.37. The van der Waals surface area contributed by atoms with Crippen molar-refractivity contribution in [1.29, 1.82) is 0 Å². The summed E-state index contributed by atoms with van der Waals surface area (Å²) < 4.78 is 5.02. The molecule has 1 saturated carbocycles. The molecule has 1 aromatic heterocycles. The number of ether oxygens (including phenoxy) is 1. The predicted octanol–water partition coefficient (Wildman–Crippen LogP) is 3.47. The van der Waals surface area contributed by atoms with E-state index in [2.05, 4.69) is 27.1 Å². The number of rotatable bonds is 3. The summed E-state index contributed by atoms with van der Waals surface area (Å²) >= 11 is 5.88. The second-order valence-corrected chi connectivity index (χ2v) is 5.01. The van der Waals surface area contributed by atoms with Crippen LogP contribution in [0, 0.1) is 0 Å². The molecule has 3 rings (SSSR count). The van der Waals surface area contributed by atoms with Crippen LogP contribution in [0.3, 0.4) is 0 Å². The maximum atomic E-state index is 5.88. The van der Waals surface area contributed by atoms with E-state index >= 15 is 0 Å². The number of hydrogen-bond donors (Lipinski definition) is 0. The molecule has 0 amide bonds. The highest BCUT2D eigenvalue weighted by Gasteiger charge is 2.20. The molecule has 1 heterocycles.